The van der Waals surface area contributed by atoms with Crippen LogP contribution in [0, 0.1) is 12.7 Å². The summed E-state index contributed by atoms with van der Waals surface area (Å²) in [5.74, 6) is -0.333. The van der Waals surface area contributed by atoms with Gasteiger partial charge in [0.2, 0.25) is 0 Å². The topological polar surface area (TPSA) is 66.3 Å². The Kier molecular flexibility index (Phi) is 4.31. The molecule has 0 bridgehead atoms. The SMILES string of the molecule is Cc1occc1C(=O)NNC(=S)Nc1ccccc1F. The monoisotopic (exact) mass is 293 g/mol. The fraction of sp³-hybridized carbons (Fsp3) is 0.0769. The number of carbonyl (C=O) groups excluding carboxylic acids is 1. The summed E-state index contributed by atoms with van der Waals surface area (Å²) in [6.07, 6.45) is 1.42. The molecular weight excluding hydrogens is 281 g/mol. The molecule has 0 atom stereocenters. The number of halogens is 1. The van der Waals surface area contributed by atoms with Crippen molar-refractivity contribution in [3.05, 3.63) is 53.7 Å². The Balaban J connectivity index is 1.89. The molecule has 0 radical (unpaired) electrons. The largest absolute Gasteiger partial charge is 0.469 e. The summed E-state index contributed by atoms with van der Waals surface area (Å²) in [5, 5.41) is 2.71. The highest BCUT2D eigenvalue weighted by Gasteiger charge is 2.11. The normalized spacial score (nSPS) is 9.90. The summed E-state index contributed by atoms with van der Waals surface area (Å²) < 4.78 is 18.4. The lowest BCUT2D eigenvalue weighted by molar-refractivity contribution is 0.0942. The lowest BCUT2D eigenvalue weighted by atomic mass is 10.2. The van der Waals surface area contributed by atoms with Gasteiger partial charge in [-0.05, 0) is 37.3 Å². The minimum atomic E-state index is -0.436. The summed E-state index contributed by atoms with van der Waals surface area (Å²) >= 11 is 4.95. The van der Waals surface area contributed by atoms with Gasteiger partial charge in [0.15, 0.2) is 5.11 Å². The average molecular weight is 293 g/mol. The van der Waals surface area contributed by atoms with E-state index in [9.17, 15) is 9.18 Å². The van der Waals surface area contributed by atoms with Gasteiger partial charge < -0.3 is 9.73 Å². The number of anilines is 1. The van der Waals surface area contributed by atoms with Crippen molar-refractivity contribution in [1.29, 1.82) is 0 Å². The Morgan fingerprint density at radius 3 is 2.65 bits per heavy atom. The van der Waals surface area contributed by atoms with Gasteiger partial charge >= 0.3 is 0 Å². The van der Waals surface area contributed by atoms with Gasteiger partial charge in [0.25, 0.3) is 5.91 Å². The maximum atomic E-state index is 13.4. The second-order valence-electron chi connectivity index (χ2n) is 3.90. The van der Waals surface area contributed by atoms with Crippen LogP contribution in [0.5, 0.6) is 0 Å². The molecule has 0 fully saturated rings. The van der Waals surface area contributed by atoms with E-state index in [0.717, 1.165) is 0 Å². The van der Waals surface area contributed by atoms with Crippen LogP contribution in [-0.2, 0) is 0 Å². The molecule has 5 nitrogen and oxygen atoms in total. The molecule has 2 rings (SSSR count). The van der Waals surface area contributed by atoms with E-state index >= 15 is 0 Å². The van der Waals surface area contributed by atoms with Crippen LogP contribution in [0.25, 0.3) is 0 Å². The molecule has 2 aromatic rings. The van der Waals surface area contributed by atoms with Crippen molar-refractivity contribution in [3.8, 4) is 0 Å². The van der Waals surface area contributed by atoms with E-state index < -0.39 is 11.7 Å². The molecule has 1 amide bonds. The van der Waals surface area contributed by atoms with Gasteiger partial charge in [-0.25, -0.2) is 4.39 Å². The molecule has 0 spiro atoms. The van der Waals surface area contributed by atoms with Crippen molar-refractivity contribution in [2.75, 3.05) is 5.32 Å². The standard InChI is InChI=1S/C13H12FN3O2S/c1-8-9(6-7-19-8)12(18)16-17-13(20)15-11-5-3-2-4-10(11)14/h2-7H,1H3,(H,16,18)(H2,15,17,20). The predicted molar refractivity (Wildman–Crippen MR) is 76.7 cm³/mol. The Labute approximate surface area is 120 Å². The third-order valence-corrected chi connectivity index (χ3v) is 2.72. The van der Waals surface area contributed by atoms with E-state index in [1.807, 2.05) is 0 Å². The third-order valence-electron chi connectivity index (χ3n) is 2.52. The average Bonchev–Trinajstić information content (AvgIpc) is 2.85. The second-order valence-corrected chi connectivity index (χ2v) is 4.31. The number of furan rings is 1. The summed E-state index contributed by atoms with van der Waals surface area (Å²) in [5.41, 5.74) is 5.49. The number of amides is 1. The molecule has 1 heterocycles. The highest BCUT2D eigenvalue weighted by Crippen LogP contribution is 2.12. The number of para-hydroxylation sites is 1. The van der Waals surface area contributed by atoms with Crippen LogP contribution in [0.2, 0.25) is 0 Å². The number of rotatable bonds is 2. The van der Waals surface area contributed by atoms with Crippen LogP contribution in [0.15, 0.2) is 41.0 Å². The maximum Gasteiger partial charge on any atom is 0.273 e. The van der Waals surface area contributed by atoms with E-state index in [1.54, 1.807) is 25.1 Å². The Morgan fingerprint density at radius 2 is 2.00 bits per heavy atom. The van der Waals surface area contributed by atoms with Crippen LogP contribution in [0.4, 0.5) is 10.1 Å². The molecule has 3 N–H and O–H groups in total. The van der Waals surface area contributed by atoms with E-state index in [1.165, 1.54) is 18.4 Å². The van der Waals surface area contributed by atoms with E-state index in [2.05, 4.69) is 16.2 Å². The number of nitrogens with one attached hydrogen (secondary N) is 3. The molecular formula is C13H12FN3O2S. The van der Waals surface area contributed by atoms with Crippen LogP contribution >= 0.6 is 12.2 Å². The Bertz CT molecular complexity index is 642. The van der Waals surface area contributed by atoms with Crippen molar-refractivity contribution in [2.45, 2.75) is 6.92 Å². The van der Waals surface area contributed by atoms with Crippen LogP contribution < -0.4 is 16.2 Å². The highest BCUT2D eigenvalue weighted by molar-refractivity contribution is 7.80. The first kappa shape index (κ1) is 14.0. The molecule has 7 heteroatoms. The maximum absolute atomic E-state index is 13.4. The molecule has 0 saturated carbocycles. The molecule has 0 saturated heterocycles. The fourth-order valence-electron chi connectivity index (χ4n) is 1.52. The molecule has 0 unspecified atom stereocenters. The first-order valence-corrected chi connectivity index (χ1v) is 6.14. The predicted octanol–water partition coefficient (Wildman–Crippen LogP) is 2.36. The van der Waals surface area contributed by atoms with Gasteiger partial charge in [-0.15, -0.1) is 0 Å². The number of hydrogen-bond donors (Lipinski definition) is 3. The lowest BCUT2D eigenvalue weighted by Gasteiger charge is -2.11. The zero-order valence-electron chi connectivity index (χ0n) is 10.6. The Morgan fingerprint density at radius 1 is 1.25 bits per heavy atom. The minimum absolute atomic E-state index is 0.0737. The molecule has 1 aromatic carbocycles. The number of aryl methyl sites for hydroxylation is 1. The molecule has 1 aromatic heterocycles. The van der Waals surface area contributed by atoms with Gasteiger partial charge in [0.1, 0.15) is 11.6 Å². The molecule has 104 valence electrons. The van der Waals surface area contributed by atoms with Crippen molar-refractivity contribution >= 4 is 28.9 Å². The zero-order valence-corrected chi connectivity index (χ0v) is 11.4. The Hall–Kier alpha value is -2.41. The summed E-state index contributed by atoms with van der Waals surface area (Å²) in [4.78, 5) is 11.8. The van der Waals surface area contributed by atoms with E-state index in [-0.39, 0.29) is 10.8 Å². The fourth-order valence-corrected chi connectivity index (χ4v) is 1.68. The van der Waals surface area contributed by atoms with Crippen molar-refractivity contribution < 1.29 is 13.6 Å². The van der Waals surface area contributed by atoms with Gasteiger partial charge in [-0.2, -0.15) is 0 Å². The summed E-state index contributed by atoms with van der Waals surface area (Å²) in [6.45, 7) is 1.67. The molecule has 0 aliphatic heterocycles. The van der Waals surface area contributed by atoms with Crippen LogP contribution in [0.1, 0.15) is 16.1 Å². The van der Waals surface area contributed by atoms with E-state index in [4.69, 9.17) is 16.6 Å². The quantitative estimate of drug-likeness (QED) is 0.586. The number of carbonyl (C=O) groups is 1. The highest BCUT2D eigenvalue weighted by atomic mass is 32.1. The molecule has 0 aliphatic rings. The van der Waals surface area contributed by atoms with Crippen LogP contribution in [0.3, 0.4) is 0 Å². The molecule has 0 aliphatic carbocycles. The number of thiocarbonyl (C=S) groups is 1. The summed E-state index contributed by atoms with van der Waals surface area (Å²) in [6, 6.07) is 7.62. The first-order valence-electron chi connectivity index (χ1n) is 5.74. The van der Waals surface area contributed by atoms with Gasteiger partial charge in [-0.3, -0.25) is 15.6 Å². The van der Waals surface area contributed by atoms with Gasteiger partial charge in [0.05, 0.1) is 17.5 Å². The second kappa shape index (κ2) is 6.16. The van der Waals surface area contributed by atoms with Gasteiger partial charge in [0, 0.05) is 0 Å². The number of benzene rings is 1. The van der Waals surface area contributed by atoms with Crippen LogP contribution in [-0.4, -0.2) is 11.0 Å². The van der Waals surface area contributed by atoms with Crippen molar-refractivity contribution in [1.82, 2.24) is 10.9 Å². The zero-order chi connectivity index (χ0) is 14.5. The third kappa shape index (κ3) is 3.33. The number of hydrazine groups is 1. The summed E-state index contributed by atoms with van der Waals surface area (Å²) in [7, 11) is 0. The molecule has 20 heavy (non-hydrogen) atoms. The first-order chi connectivity index (χ1) is 9.58. The van der Waals surface area contributed by atoms with E-state index in [0.29, 0.717) is 11.3 Å². The minimum Gasteiger partial charge on any atom is -0.469 e. The van der Waals surface area contributed by atoms with Crippen molar-refractivity contribution in [2.24, 2.45) is 0 Å². The number of hydrogen-bond acceptors (Lipinski definition) is 3. The van der Waals surface area contributed by atoms with Gasteiger partial charge in [-0.1, -0.05) is 12.1 Å². The van der Waals surface area contributed by atoms with Crippen molar-refractivity contribution in [3.63, 3.8) is 0 Å². The smallest absolute Gasteiger partial charge is 0.273 e. The lowest BCUT2D eigenvalue weighted by Crippen LogP contribution is -2.43.